The maximum absolute atomic E-state index is 14.0. The molecule has 3 aromatic carbocycles. The van der Waals surface area contributed by atoms with Crippen molar-refractivity contribution in [2.45, 2.75) is 30.7 Å². The number of carbonyl (C=O) groups is 1. The molecular weight excluding hydrogens is 502 g/mol. The van der Waals surface area contributed by atoms with E-state index in [0.29, 0.717) is 10.4 Å². The predicted octanol–water partition coefficient (Wildman–Crippen LogP) is 6.13. The Bertz CT molecular complexity index is 1270. The van der Waals surface area contributed by atoms with Crippen LogP contribution >= 0.6 is 23.4 Å². The Hall–Kier alpha value is -2.65. The molecule has 1 atom stereocenters. The molecule has 0 amide bonds. The first-order valence-corrected chi connectivity index (χ1v) is 12.6. The lowest BCUT2D eigenvalue weighted by Gasteiger charge is -2.20. The molecule has 0 saturated carbocycles. The Labute approximate surface area is 208 Å². The van der Waals surface area contributed by atoms with Gasteiger partial charge in [0.1, 0.15) is 10.7 Å². The Morgan fingerprint density at radius 2 is 1.76 bits per heavy atom. The lowest BCUT2D eigenvalue weighted by atomic mass is 9.96. The fourth-order valence-corrected chi connectivity index (χ4v) is 5.39. The summed E-state index contributed by atoms with van der Waals surface area (Å²) in [4.78, 5) is 11.4. The maximum atomic E-state index is 14.0. The van der Waals surface area contributed by atoms with Crippen LogP contribution in [0.1, 0.15) is 40.7 Å². The van der Waals surface area contributed by atoms with Crippen LogP contribution in [-0.2, 0) is 16.6 Å². The number of halogens is 3. The number of benzene rings is 3. The first kappa shape index (κ1) is 26.0. The molecule has 10 heteroatoms. The van der Waals surface area contributed by atoms with Gasteiger partial charge in [-0.3, -0.25) is 0 Å². The Balaban J connectivity index is 1.89. The summed E-state index contributed by atoms with van der Waals surface area (Å²) in [5.74, 6) is -1.85. The van der Waals surface area contributed by atoms with Crippen LogP contribution in [0.3, 0.4) is 0 Å². The van der Waals surface area contributed by atoms with E-state index in [0.717, 1.165) is 18.1 Å². The van der Waals surface area contributed by atoms with Crippen LogP contribution in [0.15, 0.2) is 71.6 Å². The van der Waals surface area contributed by atoms with E-state index in [2.05, 4.69) is 5.32 Å². The molecule has 2 N–H and O–H groups in total. The third kappa shape index (κ3) is 5.88. The topological polar surface area (TPSA) is 86.7 Å². The maximum Gasteiger partial charge on any atom is 0.337 e. The largest absolute Gasteiger partial charge is 0.478 e. The number of nitrogens with zero attached hydrogens (tertiary/aromatic N) is 1. The van der Waals surface area contributed by atoms with Gasteiger partial charge >= 0.3 is 5.97 Å². The highest BCUT2D eigenvalue weighted by molar-refractivity contribution is 7.90. The smallest absolute Gasteiger partial charge is 0.337 e. The van der Waals surface area contributed by atoms with Gasteiger partial charge in [0.25, 0.3) is 10.0 Å². The van der Waals surface area contributed by atoms with Crippen molar-refractivity contribution in [3.8, 4) is 0 Å². The molecule has 0 aliphatic carbocycles. The molecule has 0 spiro atoms. The molecule has 3 aromatic rings. The summed E-state index contributed by atoms with van der Waals surface area (Å²) in [5, 5.41) is 12.6. The molecule has 0 fully saturated rings. The highest BCUT2D eigenvalue weighted by Gasteiger charge is 2.29. The number of hydrogen-bond acceptors (Lipinski definition) is 4. The zero-order valence-electron chi connectivity index (χ0n) is 18.2. The molecule has 0 saturated heterocycles. The quantitative estimate of drug-likeness (QED) is 0.311. The van der Waals surface area contributed by atoms with E-state index in [9.17, 15) is 22.7 Å². The summed E-state index contributed by atoms with van der Waals surface area (Å²) in [6.45, 7) is 1.97. The van der Waals surface area contributed by atoms with E-state index in [1.165, 1.54) is 24.3 Å². The Morgan fingerprint density at radius 1 is 1.12 bits per heavy atom. The van der Waals surface area contributed by atoms with Gasteiger partial charge in [0.2, 0.25) is 0 Å². The number of anilines is 1. The van der Waals surface area contributed by atoms with Crippen molar-refractivity contribution in [1.29, 1.82) is 0 Å². The lowest BCUT2D eigenvalue weighted by molar-refractivity contribution is 0.0697. The molecule has 1 unspecified atom stereocenters. The number of rotatable bonds is 10. The summed E-state index contributed by atoms with van der Waals surface area (Å²) >= 11 is 12.3. The predicted molar refractivity (Wildman–Crippen MR) is 131 cm³/mol. The summed E-state index contributed by atoms with van der Waals surface area (Å²) in [6, 6.07) is 17.5. The second-order valence-electron chi connectivity index (χ2n) is 7.57. The van der Waals surface area contributed by atoms with Crippen molar-refractivity contribution >= 4 is 45.1 Å². The second-order valence-corrected chi connectivity index (χ2v) is 10.4. The third-order valence-electron chi connectivity index (χ3n) is 5.40. The average molecular weight is 525 g/mol. The summed E-state index contributed by atoms with van der Waals surface area (Å²) in [5.41, 5.74) is 1.05. The first-order valence-electron chi connectivity index (χ1n) is 10.4. The highest BCUT2D eigenvalue weighted by Crippen LogP contribution is 2.33. The SMILES string of the molecule is CCC(CNc1cc(Cl)c(S(=O)(=O)N(Cl)Cc2ccccc2F)cc1C(=O)O)c1ccccc1. The standard InChI is InChI=1S/C24H23Cl2FN2O4S/c1-2-16(17-8-4-3-5-9-17)14-28-22-13-20(25)23(12-19(22)24(30)31)34(32,33)29(26)15-18-10-6-7-11-21(18)27/h3-13,16,28H,2,14-15H2,1H3,(H,30,31). The van der Waals surface area contributed by atoms with Gasteiger partial charge in [-0.1, -0.05) is 67.1 Å². The van der Waals surface area contributed by atoms with Crippen LogP contribution in [0.5, 0.6) is 0 Å². The summed E-state index contributed by atoms with van der Waals surface area (Å²) in [7, 11) is -4.43. The van der Waals surface area contributed by atoms with Crippen molar-refractivity contribution in [2.75, 3.05) is 11.9 Å². The molecule has 0 aliphatic heterocycles. The van der Waals surface area contributed by atoms with Crippen LogP contribution in [0, 0.1) is 5.82 Å². The number of carboxylic acids is 1. The zero-order chi connectivity index (χ0) is 24.9. The Morgan fingerprint density at radius 3 is 2.38 bits per heavy atom. The summed E-state index contributed by atoms with van der Waals surface area (Å²) < 4.78 is 40.4. The number of aromatic carboxylic acids is 1. The van der Waals surface area contributed by atoms with Crippen molar-refractivity contribution in [3.05, 3.63) is 94.3 Å². The fraction of sp³-hybridized carbons (Fsp3) is 0.208. The van der Waals surface area contributed by atoms with E-state index in [-0.39, 0.29) is 27.8 Å². The van der Waals surface area contributed by atoms with Crippen molar-refractivity contribution < 1.29 is 22.7 Å². The van der Waals surface area contributed by atoms with Gasteiger partial charge in [0, 0.05) is 18.0 Å². The number of sulfonamides is 1. The average Bonchev–Trinajstić information content (AvgIpc) is 2.81. The van der Waals surface area contributed by atoms with Gasteiger partial charge in [-0.25, -0.2) is 17.6 Å². The minimum atomic E-state index is -4.43. The molecule has 0 heterocycles. The van der Waals surface area contributed by atoms with Crippen LogP contribution < -0.4 is 5.32 Å². The fourth-order valence-electron chi connectivity index (χ4n) is 3.48. The Kier molecular flexibility index (Phi) is 8.54. The van der Waals surface area contributed by atoms with Crippen molar-refractivity contribution in [2.24, 2.45) is 0 Å². The minimum absolute atomic E-state index is 0.0560. The van der Waals surface area contributed by atoms with E-state index >= 15 is 0 Å². The molecule has 0 radical (unpaired) electrons. The first-order chi connectivity index (χ1) is 16.1. The van der Waals surface area contributed by atoms with Gasteiger partial charge < -0.3 is 10.4 Å². The van der Waals surface area contributed by atoms with Crippen LogP contribution in [-0.4, -0.2) is 29.9 Å². The molecular formula is C24H23Cl2FN2O4S. The van der Waals surface area contributed by atoms with E-state index in [1.54, 1.807) is 6.07 Å². The van der Waals surface area contributed by atoms with E-state index < -0.39 is 33.3 Å². The van der Waals surface area contributed by atoms with E-state index in [4.69, 9.17) is 23.4 Å². The van der Waals surface area contributed by atoms with Crippen molar-refractivity contribution in [1.82, 2.24) is 3.82 Å². The molecule has 0 aliphatic rings. The molecule has 34 heavy (non-hydrogen) atoms. The van der Waals surface area contributed by atoms with Crippen LogP contribution in [0.2, 0.25) is 5.02 Å². The minimum Gasteiger partial charge on any atom is -0.478 e. The number of hydrogen-bond donors (Lipinski definition) is 2. The molecule has 180 valence electrons. The van der Waals surface area contributed by atoms with Gasteiger partial charge in [-0.05, 0) is 42.0 Å². The lowest BCUT2D eigenvalue weighted by Crippen LogP contribution is -2.23. The number of nitrogens with one attached hydrogen (secondary N) is 1. The second kappa shape index (κ2) is 11.2. The van der Waals surface area contributed by atoms with Gasteiger partial charge in [0.15, 0.2) is 0 Å². The summed E-state index contributed by atoms with van der Waals surface area (Å²) in [6.07, 6.45) is 0.802. The zero-order valence-corrected chi connectivity index (χ0v) is 20.5. The molecule has 0 aromatic heterocycles. The van der Waals surface area contributed by atoms with Gasteiger partial charge in [-0.2, -0.15) is 0 Å². The number of carboxylic acid groups (broad SMARTS) is 1. The van der Waals surface area contributed by atoms with Gasteiger partial charge in [-0.15, -0.1) is 3.82 Å². The normalized spacial score (nSPS) is 12.5. The molecule has 3 rings (SSSR count). The van der Waals surface area contributed by atoms with Crippen molar-refractivity contribution in [3.63, 3.8) is 0 Å². The molecule has 0 bridgehead atoms. The third-order valence-corrected chi connectivity index (χ3v) is 8.03. The van der Waals surface area contributed by atoms with Crippen LogP contribution in [0.4, 0.5) is 10.1 Å². The van der Waals surface area contributed by atoms with Crippen LogP contribution in [0.25, 0.3) is 0 Å². The monoisotopic (exact) mass is 524 g/mol. The highest BCUT2D eigenvalue weighted by atomic mass is 35.5. The van der Waals surface area contributed by atoms with Gasteiger partial charge in [0.05, 0.1) is 22.8 Å². The molecule has 6 nitrogen and oxygen atoms in total. The van der Waals surface area contributed by atoms with E-state index in [1.807, 2.05) is 37.3 Å².